The SMILES string of the molecule is CN.O=S(=O)(O)O.OCCN(CCO)CCO. The van der Waals surface area contributed by atoms with Crippen LogP contribution in [0.25, 0.3) is 0 Å². The van der Waals surface area contributed by atoms with Gasteiger partial charge in [-0.15, -0.1) is 0 Å². The number of nitrogens with two attached hydrogens (primary N) is 1. The molecular weight excluding hydrogens is 256 g/mol. The lowest BCUT2D eigenvalue weighted by atomic mass is 10.4. The van der Waals surface area contributed by atoms with E-state index >= 15 is 0 Å². The van der Waals surface area contributed by atoms with E-state index in [-0.39, 0.29) is 19.8 Å². The minimum absolute atomic E-state index is 0.0694. The average molecular weight is 278 g/mol. The van der Waals surface area contributed by atoms with Crippen LogP contribution >= 0.6 is 0 Å². The Morgan fingerprint density at radius 1 is 0.882 bits per heavy atom. The van der Waals surface area contributed by atoms with Crippen LogP contribution in [0.5, 0.6) is 0 Å². The molecule has 0 aromatic heterocycles. The van der Waals surface area contributed by atoms with Gasteiger partial charge in [-0.05, 0) is 7.05 Å². The minimum atomic E-state index is -4.67. The Morgan fingerprint density at radius 3 is 1.18 bits per heavy atom. The topological polar surface area (TPSA) is 165 Å². The van der Waals surface area contributed by atoms with Gasteiger partial charge in [-0.1, -0.05) is 0 Å². The van der Waals surface area contributed by atoms with E-state index in [2.05, 4.69) is 5.73 Å². The van der Waals surface area contributed by atoms with Crippen molar-refractivity contribution in [1.82, 2.24) is 4.90 Å². The van der Waals surface area contributed by atoms with Crippen LogP contribution in [-0.4, -0.2) is 84.2 Å². The van der Waals surface area contributed by atoms with Gasteiger partial charge in [0.25, 0.3) is 0 Å². The van der Waals surface area contributed by atoms with Crippen molar-refractivity contribution >= 4 is 10.4 Å². The second-order valence-corrected chi connectivity index (χ2v) is 3.36. The van der Waals surface area contributed by atoms with Crippen LogP contribution in [0.1, 0.15) is 0 Å². The summed E-state index contributed by atoms with van der Waals surface area (Å²) in [5, 5.41) is 25.5. The van der Waals surface area contributed by atoms with Crippen LogP contribution in [0.4, 0.5) is 0 Å². The zero-order valence-electron chi connectivity index (χ0n) is 9.73. The molecule has 0 aliphatic heterocycles. The first kappa shape index (κ1) is 21.9. The van der Waals surface area contributed by atoms with Crippen molar-refractivity contribution in [3.8, 4) is 0 Å². The van der Waals surface area contributed by atoms with E-state index in [9.17, 15) is 0 Å². The van der Waals surface area contributed by atoms with Crippen LogP contribution in [0, 0.1) is 0 Å². The standard InChI is InChI=1S/C6H15NO3.CH5N.H2O4S/c8-4-1-7(2-5-9)3-6-10;1-2;1-5(2,3)4/h8-10H,1-6H2;2H2,1H3;(H2,1,2,3,4). The van der Waals surface area contributed by atoms with Crippen molar-refractivity contribution < 1.29 is 32.8 Å². The van der Waals surface area contributed by atoms with E-state index in [4.69, 9.17) is 32.8 Å². The average Bonchev–Trinajstić information content (AvgIpc) is 2.19. The monoisotopic (exact) mass is 278 g/mol. The quantitative estimate of drug-likeness (QED) is 0.281. The molecule has 0 aliphatic rings. The Kier molecular flexibility index (Phi) is 20.2. The number of hydrogen-bond donors (Lipinski definition) is 6. The van der Waals surface area contributed by atoms with Crippen LogP contribution in [0.15, 0.2) is 0 Å². The zero-order valence-corrected chi connectivity index (χ0v) is 10.5. The molecule has 0 bridgehead atoms. The number of aliphatic hydroxyl groups excluding tert-OH is 3. The molecule has 0 radical (unpaired) electrons. The second-order valence-electron chi connectivity index (χ2n) is 2.46. The summed E-state index contributed by atoms with van der Waals surface area (Å²) >= 11 is 0. The van der Waals surface area contributed by atoms with Crippen molar-refractivity contribution in [3.05, 3.63) is 0 Å². The Morgan fingerprint density at radius 2 is 1.06 bits per heavy atom. The summed E-state index contributed by atoms with van der Waals surface area (Å²) in [6.07, 6.45) is 0. The molecule has 0 atom stereocenters. The smallest absolute Gasteiger partial charge is 0.394 e. The molecule has 0 aliphatic carbocycles. The maximum Gasteiger partial charge on any atom is 0.394 e. The molecule has 0 spiro atoms. The molecule has 0 saturated carbocycles. The fourth-order valence-corrected chi connectivity index (χ4v) is 0.760. The summed E-state index contributed by atoms with van der Waals surface area (Å²) in [5.74, 6) is 0. The highest BCUT2D eigenvalue weighted by molar-refractivity contribution is 7.79. The largest absolute Gasteiger partial charge is 0.395 e. The Hall–Kier alpha value is -0.330. The third-order valence-electron chi connectivity index (χ3n) is 1.25. The van der Waals surface area contributed by atoms with Crippen LogP contribution in [-0.2, 0) is 10.4 Å². The second kappa shape index (κ2) is 15.7. The van der Waals surface area contributed by atoms with Crippen LogP contribution in [0.3, 0.4) is 0 Å². The molecule has 9 nitrogen and oxygen atoms in total. The van der Waals surface area contributed by atoms with Gasteiger partial charge in [0.15, 0.2) is 0 Å². The van der Waals surface area contributed by atoms with Crippen molar-refractivity contribution in [2.24, 2.45) is 5.73 Å². The lowest BCUT2D eigenvalue weighted by Crippen LogP contribution is -2.32. The highest BCUT2D eigenvalue weighted by Gasteiger charge is 2.00. The Balaban J connectivity index is -0.000000236. The zero-order chi connectivity index (χ0) is 14.3. The summed E-state index contributed by atoms with van der Waals surface area (Å²) in [6, 6.07) is 0. The summed E-state index contributed by atoms with van der Waals surface area (Å²) < 4.78 is 31.6. The predicted octanol–water partition coefficient (Wildman–Crippen LogP) is -2.81. The first-order valence-electron chi connectivity index (χ1n) is 4.67. The van der Waals surface area contributed by atoms with Crippen LogP contribution < -0.4 is 5.73 Å². The first-order chi connectivity index (χ1) is 7.85. The molecule has 7 N–H and O–H groups in total. The molecule has 0 aromatic rings. The summed E-state index contributed by atoms with van der Waals surface area (Å²) in [7, 11) is -3.17. The van der Waals surface area contributed by atoms with Gasteiger partial charge in [0.2, 0.25) is 0 Å². The van der Waals surface area contributed by atoms with Crippen LogP contribution in [0.2, 0.25) is 0 Å². The van der Waals surface area contributed by atoms with E-state index < -0.39 is 10.4 Å². The van der Waals surface area contributed by atoms with Crippen molar-refractivity contribution in [1.29, 1.82) is 0 Å². The molecule has 0 fully saturated rings. The van der Waals surface area contributed by atoms with E-state index in [1.165, 1.54) is 7.05 Å². The number of hydrogen-bond acceptors (Lipinski definition) is 7. The molecule has 0 heterocycles. The van der Waals surface area contributed by atoms with E-state index in [1.807, 2.05) is 0 Å². The van der Waals surface area contributed by atoms with E-state index in [1.54, 1.807) is 4.90 Å². The normalized spacial score (nSPS) is 10.1. The Bertz CT molecular complexity index is 200. The van der Waals surface area contributed by atoms with Gasteiger partial charge in [0.05, 0.1) is 19.8 Å². The summed E-state index contributed by atoms with van der Waals surface area (Å²) in [5.41, 5.74) is 4.50. The van der Waals surface area contributed by atoms with Gasteiger partial charge in [0, 0.05) is 19.6 Å². The fourth-order valence-electron chi connectivity index (χ4n) is 0.760. The molecule has 0 aromatic carbocycles. The highest BCUT2D eigenvalue weighted by Crippen LogP contribution is 1.84. The van der Waals surface area contributed by atoms with Gasteiger partial charge in [0.1, 0.15) is 0 Å². The van der Waals surface area contributed by atoms with Gasteiger partial charge < -0.3 is 21.1 Å². The Labute approximate surface area is 101 Å². The van der Waals surface area contributed by atoms with Gasteiger partial charge in [-0.25, -0.2) is 0 Å². The third-order valence-corrected chi connectivity index (χ3v) is 1.25. The third kappa shape index (κ3) is 39.0. The molecule has 0 saturated heterocycles. The van der Waals surface area contributed by atoms with Crippen molar-refractivity contribution in [2.45, 2.75) is 0 Å². The molecule has 10 heteroatoms. The molecular formula is C7H22N2O7S. The summed E-state index contributed by atoms with van der Waals surface area (Å²) in [4.78, 5) is 1.79. The summed E-state index contributed by atoms with van der Waals surface area (Å²) in [6.45, 7) is 1.75. The highest BCUT2D eigenvalue weighted by atomic mass is 32.3. The molecule has 17 heavy (non-hydrogen) atoms. The fraction of sp³-hybridized carbons (Fsp3) is 1.00. The van der Waals surface area contributed by atoms with Crippen molar-refractivity contribution in [3.63, 3.8) is 0 Å². The molecule has 108 valence electrons. The lowest BCUT2D eigenvalue weighted by molar-refractivity contribution is 0.136. The molecule has 0 amide bonds. The lowest BCUT2D eigenvalue weighted by Gasteiger charge is -2.17. The molecule has 0 unspecified atom stereocenters. The number of nitrogens with zero attached hydrogens (tertiary/aromatic N) is 1. The first-order valence-corrected chi connectivity index (χ1v) is 6.07. The predicted molar refractivity (Wildman–Crippen MR) is 62.0 cm³/mol. The van der Waals surface area contributed by atoms with E-state index in [0.717, 1.165) is 0 Å². The minimum Gasteiger partial charge on any atom is -0.395 e. The number of aliphatic hydroxyl groups is 3. The van der Waals surface area contributed by atoms with Gasteiger partial charge in [-0.2, -0.15) is 8.42 Å². The van der Waals surface area contributed by atoms with Gasteiger partial charge >= 0.3 is 10.4 Å². The maximum atomic E-state index is 8.74. The maximum absolute atomic E-state index is 8.74. The van der Waals surface area contributed by atoms with E-state index in [0.29, 0.717) is 19.6 Å². The molecule has 0 rings (SSSR count). The van der Waals surface area contributed by atoms with Crippen molar-refractivity contribution in [2.75, 3.05) is 46.5 Å². The van der Waals surface area contributed by atoms with Gasteiger partial charge in [-0.3, -0.25) is 14.0 Å². The number of rotatable bonds is 6.